The summed E-state index contributed by atoms with van der Waals surface area (Å²) in [7, 11) is 1.21. The zero-order chi connectivity index (χ0) is 18.5. The lowest BCUT2D eigenvalue weighted by Crippen LogP contribution is -2.37. The van der Waals surface area contributed by atoms with Gasteiger partial charge in [0.1, 0.15) is 5.60 Å². The molecule has 0 saturated heterocycles. The second-order valence-corrected chi connectivity index (χ2v) is 6.26. The van der Waals surface area contributed by atoms with Crippen molar-refractivity contribution in [3.63, 3.8) is 0 Å². The molecule has 6 nitrogen and oxygen atoms in total. The third-order valence-electron chi connectivity index (χ3n) is 3.25. The molecule has 0 N–H and O–H groups in total. The number of nitrogens with zero attached hydrogens (tertiary/aromatic N) is 1. The molecule has 1 aromatic carbocycles. The van der Waals surface area contributed by atoms with E-state index in [0.29, 0.717) is 11.1 Å². The average molecular weight is 331 g/mol. The second-order valence-electron chi connectivity index (χ2n) is 6.26. The molecule has 1 rings (SSSR count). The predicted octanol–water partition coefficient (Wildman–Crippen LogP) is 3.45. The van der Waals surface area contributed by atoms with Crippen LogP contribution in [-0.4, -0.2) is 24.8 Å². The number of hydrogen-bond donors (Lipinski definition) is 0. The number of carbonyl (C=O) groups excluding carboxylic acids is 2. The van der Waals surface area contributed by atoms with E-state index >= 15 is 0 Å². The molecular formula is C18H21NO5. The quantitative estimate of drug-likeness (QED) is 0.620. The van der Waals surface area contributed by atoms with E-state index in [0.717, 1.165) is 0 Å². The van der Waals surface area contributed by atoms with Gasteiger partial charge in [-0.05, 0) is 39.8 Å². The van der Waals surface area contributed by atoms with Crippen molar-refractivity contribution < 1.29 is 23.8 Å². The number of esters is 1. The lowest BCUT2D eigenvalue weighted by molar-refractivity contribution is -0.139. The van der Waals surface area contributed by atoms with E-state index in [4.69, 9.17) is 14.7 Å². The van der Waals surface area contributed by atoms with Crippen LogP contribution in [0.1, 0.15) is 38.8 Å². The second kappa shape index (κ2) is 7.18. The molecule has 24 heavy (non-hydrogen) atoms. The minimum atomic E-state index is -1.50. The Morgan fingerprint density at radius 2 is 1.62 bits per heavy atom. The van der Waals surface area contributed by atoms with Crippen LogP contribution in [0.5, 0.6) is 0 Å². The summed E-state index contributed by atoms with van der Waals surface area (Å²) in [6, 6.07) is 8.26. The Hall–Kier alpha value is -2.81. The summed E-state index contributed by atoms with van der Waals surface area (Å²) in [6.45, 7) is 10.3. The Kier molecular flexibility index (Phi) is 5.75. The number of carbonyl (C=O) groups is 2. The van der Waals surface area contributed by atoms with Gasteiger partial charge in [-0.2, -0.15) is 5.26 Å². The fraction of sp³-hybridized carbons (Fsp3) is 0.389. The third kappa shape index (κ3) is 4.59. The normalized spacial score (nSPS) is 13.2. The van der Waals surface area contributed by atoms with Gasteiger partial charge in [0, 0.05) is 5.56 Å². The lowest BCUT2D eigenvalue weighted by atomic mass is 9.88. The standard InChI is InChI=1S/C18H21NO5/c1-12(15(20)22-6)18(5,24-16(21)23-17(2,3)4)14-9-7-13(11-19)8-10-14/h7-10H,1H2,2-6H3. The minimum absolute atomic E-state index is 0.0689. The zero-order valence-corrected chi connectivity index (χ0v) is 14.5. The molecule has 6 heteroatoms. The highest BCUT2D eigenvalue weighted by atomic mass is 16.7. The maximum atomic E-state index is 12.1. The van der Waals surface area contributed by atoms with Crippen LogP contribution in [0.4, 0.5) is 4.79 Å². The van der Waals surface area contributed by atoms with Gasteiger partial charge in [-0.15, -0.1) is 0 Å². The topological polar surface area (TPSA) is 85.6 Å². The molecule has 0 aliphatic carbocycles. The highest BCUT2D eigenvalue weighted by molar-refractivity contribution is 5.90. The lowest BCUT2D eigenvalue weighted by Gasteiger charge is -2.31. The number of benzene rings is 1. The predicted molar refractivity (Wildman–Crippen MR) is 87.0 cm³/mol. The molecule has 0 aliphatic heterocycles. The highest BCUT2D eigenvalue weighted by Crippen LogP contribution is 2.34. The van der Waals surface area contributed by atoms with Crippen LogP contribution in [-0.2, 0) is 24.6 Å². The van der Waals surface area contributed by atoms with E-state index in [1.807, 2.05) is 6.07 Å². The van der Waals surface area contributed by atoms with E-state index < -0.39 is 23.3 Å². The molecule has 0 amide bonds. The van der Waals surface area contributed by atoms with Gasteiger partial charge in [0.2, 0.25) is 0 Å². The zero-order valence-electron chi connectivity index (χ0n) is 14.5. The SMILES string of the molecule is C=C(C(=O)OC)C(C)(OC(=O)OC(C)(C)C)c1ccc(C#N)cc1. The maximum Gasteiger partial charge on any atom is 0.510 e. The van der Waals surface area contributed by atoms with Crippen molar-refractivity contribution in [2.75, 3.05) is 7.11 Å². The summed E-state index contributed by atoms with van der Waals surface area (Å²) in [5, 5.41) is 8.89. The molecule has 0 aromatic heterocycles. The van der Waals surface area contributed by atoms with Crippen LogP contribution in [0, 0.1) is 11.3 Å². The Morgan fingerprint density at radius 3 is 2.04 bits per heavy atom. The van der Waals surface area contributed by atoms with E-state index in [-0.39, 0.29) is 5.57 Å². The van der Waals surface area contributed by atoms with Gasteiger partial charge in [0.05, 0.1) is 24.3 Å². The maximum absolute atomic E-state index is 12.1. The summed E-state index contributed by atoms with van der Waals surface area (Å²) in [4.78, 5) is 24.0. The molecule has 128 valence electrons. The molecule has 0 radical (unpaired) electrons. The van der Waals surface area contributed by atoms with Crippen LogP contribution in [0.2, 0.25) is 0 Å². The van der Waals surface area contributed by atoms with Gasteiger partial charge in [-0.1, -0.05) is 18.7 Å². The monoisotopic (exact) mass is 331 g/mol. The van der Waals surface area contributed by atoms with Crippen LogP contribution < -0.4 is 0 Å². The first-order chi connectivity index (χ1) is 11.0. The molecule has 0 fully saturated rings. The van der Waals surface area contributed by atoms with Gasteiger partial charge < -0.3 is 14.2 Å². The van der Waals surface area contributed by atoms with Gasteiger partial charge in [0.15, 0.2) is 5.60 Å². The van der Waals surface area contributed by atoms with Crippen molar-refractivity contribution in [3.8, 4) is 6.07 Å². The van der Waals surface area contributed by atoms with Crippen molar-refractivity contribution >= 4 is 12.1 Å². The van der Waals surface area contributed by atoms with E-state index in [9.17, 15) is 9.59 Å². The van der Waals surface area contributed by atoms with Crippen molar-refractivity contribution in [1.82, 2.24) is 0 Å². The first-order valence-electron chi connectivity index (χ1n) is 7.24. The smallest absolute Gasteiger partial charge is 0.466 e. The molecule has 0 bridgehead atoms. The van der Waals surface area contributed by atoms with Crippen LogP contribution in [0.25, 0.3) is 0 Å². The molecule has 0 spiro atoms. The molecular weight excluding hydrogens is 310 g/mol. The first kappa shape index (κ1) is 19.2. The van der Waals surface area contributed by atoms with Crippen LogP contribution in [0.15, 0.2) is 36.4 Å². The van der Waals surface area contributed by atoms with Crippen molar-refractivity contribution in [1.29, 1.82) is 5.26 Å². The molecule has 1 atom stereocenters. The third-order valence-corrected chi connectivity index (χ3v) is 3.25. The van der Waals surface area contributed by atoms with Crippen molar-refractivity contribution in [3.05, 3.63) is 47.5 Å². The Bertz CT molecular complexity index is 679. The number of rotatable bonds is 4. The molecule has 1 unspecified atom stereocenters. The number of ether oxygens (including phenoxy) is 3. The summed E-state index contributed by atoms with van der Waals surface area (Å²) in [5.41, 5.74) is -1.43. The first-order valence-corrected chi connectivity index (χ1v) is 7.24. The minimum Gasteiger partial charge on any atom is -0.466 e. The Labute approximate surface area is 141 Å². The molecule has 0 heterocycles. The van der Waals surface area contributed by atoms with Gasteiger partial charge in [-0.25, -0.2) is 9.59 Å². The summed E-state index contributed by atoms with van der Waals surface area (Å²) < 4.78 is 15.3. The fourth-order valence-electron chi connectivity index (χ4n) is 1.91. The summed E-state index contributed by atoms with van der Waals surface area (Å²) >= 11 is 0. The molecule has 0 saturated carbocycles. The Morgan fingerprint density at radius 1 is 1.08 bits per heavy atom. The van der Waals surface area contributed by atoms with Gasteiger partial charge in [-0.3, -0.25) is 0 Å². The van der Waals surface area contributed by atoms with E-state index in [2.05, 4.69) is 11.3 Å². The highest BCUT2D eigenvalue weighted by Gasteiger charge is 2.40. The van der Waals surface area contributed by atoms with Crippen LogP contribution in [0.3, 0.4) is 0 Å². The molecule has 0 aliphatic rings. The molecule has 1 aromatic rings. The van der Waals surface area contributed by atoms with Crippen LogP contribution >= 0.6 is 0 Å². The average Bonchev–Trinajstić information content (AvgIpc) is 2.51. The van der Waals surface area contributed by atoms with E-state index in [1.54, 1.807) is 45.0 Å². The fourth-order valence-corrected chi connectivity index (χ4v) is 1.91. The number of nitriles is 1. The van der Waals surface area contributed by atoms with Gasteiger partial charge >= 0.3 is 12.1 Å². The Balaban J connectivity index is 3.25. The van der Waals surface area contributed by atoms with Gasteiger partial charge in [0.25, 0.3) is 0 Å². The van der Waals surface area contributed by atoms with Crippen molar-refractivity contribution in [2.45, 2.75) is 38.9 Å². The van der Waals surface area contributed by atoms with E-state index in [1.165, 1.54) is 14.0 Å². The summed E-state index contributed by atoms with van der Waals surface area (Å²) in [6.07, 6.45) is -0.945. The number of methoxy groups -OCH3 is 1. The largest absolute Gasteiger partial charge is 0.510 e. The summed E-state index contributed by atoms with van der Waals surface area (Å²) in [5.74, 6) is -0.717. The number of hydrogen-bond acceptors (Lipinski definition) is 6. The van der Waals surface area contributed by atoms with Crippen molar-refractivity contribution in [2.24, 2.45) is 0 Å².